The summed E-state index contributed by atoms with van der Waals surface area (Å²) in [4.78, 5) is 4.70. The van der Waals surface area contributed by atoms with E-state index in [1.54, 1.807) is 0 Å². The first-order chi connectivity index (χ1) is 8.11. The minimum Gasteiger partial charge on any atom is -0.331 e. The summed E-state index contributed by atoms with van der Waals surface area (Å²) in [6.07, 6.45) is 1.03. The Morgan fingerprint density at radius 2 is 2.12 bits per heavy atom. The molecule has 1 aromatic carbocycles. The Balaban J connectivity index is 2.43. The van der Waals surface area contributed by atoms with Crippen LogP contribution in [0.1, 0.15) is 25.2 Å². The second-order valence-corrected chi connectivity index (χ2v) is 5.04. The first-order valence-electron chi connectivity index (χ1n) is 6.20. The molecule has 3 nitrogen and oxygen atoms in total. The van der Waals surface area contributed by atoms with Gasteiger partial charge in [0, 0.05) is 20.0 Å². The SMILES string of the molecule is CNCc1ccc2nc(CC(C)C)n(C)c2c1. The molecular formula is C14H21N3. The molecule has 0 aliphatic rings. The van der Waals surface area contributed by atoms with Crippen LogP contribution in [0, 0.1) is 5.92 Å². The average molecular weight is 231 g/mol. The molecule has 0 aliphatic carbocycles. The summed E-state index contributed by atoms with van der Waals surface area (Å²) >= 11 is 0. The Morgan fingerprint density at radius 3 is 2.76 bits per heavy atom. The maximum atomic E-state index is 4.70. The number of benzene rings is 1. The summed E-state index contributed by atoms with van der Waals surface area (Å²) in [6, 6.07) is 6.49. The van der Waals surface area contributed by atoms with Crippen molar-refractivity contribution in [1.82, 2.24) is 14.9 Å². The van der Waals surface area contributed by atoms with Gasteiger partial charge < -0.3 is 9.88 Å². The van der Waals surface area contributed by atoms with Crippen LogP contribution in [0.4, 0.5) is 0 Å². The highest BCUT2D eigenvalue weighted by Gasteiger charge is 2.09. The lowest BCUT2D eigenvalue weighted by molar-refractivity contribution is 0.606. The largest absolute Gasteiger partial charge is 0.331 e. The van der Waals surface area contributed by atoms with E-state index in [2.05, 4.69) is 49.0 Å². The van der Waals surface area contributed by atoms with Crippen LogP contribution in [0.5, 0.6) is 0 Å². The average Bonchev–Trinajstić information content (AvgIpc) is 2.56. The van der Waals surface area contributed by atoms with E-state index < -0.39 is 0 Å². The van der Waals surface area contributed by atoms with E-state index in [4.69, 9.17) is 4.98 Å². The third-order valence-electron chi connectivity index (χ3n) is 3.01. The van der Waals surface area contributed by atoms with Crippen LogP contribution in [-0.4, -0.2) is 16.6 Å². The molecule has 0 fully saturated rings. The molecule has 17 heavy (non-hydrogen) atoms. The lowest BCUT2D eigenvalue weighted by atomic mass is 10.1. The van der Waals surface area contributed by atoms with Gasteiger partial charge in [-0.25, -0.2) is 4.98 Å². The number of hydrogen-bond acceptors (Lipinski definition) is 2. The Kier molecular flexibility index (Phi) is 3.48. The van der Waals surface area contributed by atoms with Gasteiger partial charge >= 0.3 is 0 Å². The van der Waals surface area contributed by atoms with Crippen molar-refractivity contribution in [2.24, 2.45) is 13.0 Å². The zero-order valence-corrected chi connectivity index (χ0v) is 11.1. The monoisotopic (exact) mass is 231 g/mol. The van der Waals surface area contributed by atoms with Crippen molar-refractivity contribution in [3.63, 3.8) is 0 Å². The molecule has 0 unspecified atom stereocenters. The first kappa shape index (κ1) is 12.1. The van der Waals surface area contributed by atoms with Crippen molar-refractivity contribution >= 4 is 11.0 Å². The molecule has 2 aromatic rings. The van der Waals surface area contributed by atoms with Crippen molar-refractivity contribution < 1.29 is 0 Å². The molecule has 0 aliphatic heterocycles. The van der Waals surface area contributed by atoms with Gasteiger partial charge in [-0.3, -0.25) is 0 Å². The molecule has 0 bridgehead atoms. The Hall–Kier alpha value is -1.35. The molecule has 1 N–H and O–H groups in total. The molecule has 0 radical (unpaired) electrons. The van der Waals surface area contributed by atoms with Crippen LogP contribution in [0.15, 0.2) is 18.2 Å². The summed E-state index contributed by atoms with van der Waals surface area (Å²) in [5.41, 5.74) is 3.63. The van der Waals surface area contributed by atoms with Gasteiger partial charge in [-0.2, -0.15) is 0 Å². The summed E-state index contributed by atoms with van der Waals surface area (Å²) in [6.45, 7) is 5.36. The maximum absolute atomic E-state index is 4.70. The molecule has 0 saturated carbocycles. The van der Waals surface area contributed by atoms with Gasteiger partial charge in [0.15, 0.2) is 0 Å². The number of fused-ring (bicyclic) bond motifs is 1. The molecule has 0 amide bonds. The lowest BCUT2D eigenvalue weighted by Crippen LogP contribution is -2.05. The summed E-state index contributed by atoms with van der Waals surface area (Å²) in [5.74, 6) is 1.82. The van der Waals surface area contributed by atoms with E-state index in [1.165, 1.54) is 16.9 Å². The van der Waals surface area contributed by atoms with Gasteiger partial charge in [0.2, 0.25) is 0 Å². The fraction of sp³-hybridized carbons (Fsp3) is 0.500. The van der Waals surface area contributed by atoms with Gasteiger partial charge in [0.05, 0.1) is 11.0 Å². The van der Waals surface area contributed by atoms with Crippen molar-refractivity contribution in [3.05, 3.63) is 29.6 Å². The Morgan fingerprint density at radius 1 is 1.35 bits per heavy atom. The standard InChI is InChI=1S/C14H21N3/c1-10(2)7-14-16-12-6-5-11(9-15-3)8-13(12)17(14)4/h5-6,8,10,15H,7,9H2,1-4H3. The molecule has 0 spiro atoms. The molecule has 0 saturated heterocycles. The number of hydrogen-bond donors (Lipinski definition) is 1. The second kappa shape index (κ2) is 4.88. The van der Waals surface area contributed by atoms with Crippen LogP contribution in [-0.2, 0) is 20.0 Å². The van der Waals surface area contributed by atoms with Crippen LogP contribution in [0.25, 0.3) is 11.0 Å². The van der Waals surface area contributed by atoms with Gasteiger partial charge in [-0.05, 0) is 30.7 Å². The quantitative estimate of drug-likeness (QED) is 0.876. The maximum Gasteiger partial charge on any atom is 0.109 e. The van der Waals surface area contributed by atoms with Gasteiger partial charge in [-0.15, -0.1) is 0 Å². The van der Waals surface area contributed by atoms with Gasteiger partial charge in [-0.1, -0.05) is 19.9 Å². The number of nitrogens with one attached hydrogen (secondary N) is 1. The van der Waals surface area contributed by atoms with Crippen molar-refractivity contribution in [2.75, 3.05) is 7.05 Å². The summed E-state index contributed by atoms with van der Waals surface area (Å²) < 4.78 is 2.22. The predicted molar refractivity (Wildman–Crippen MR) is 72.0 cm³/mol. The number of imidazole rings is 1. The fourth-order valence-corrected chi connectivity index (χ4v) is 2.15. The molecule has 92 valence electrons. The highest BCUT2D eigenvalue weighted by Crippen LogP contribution is 2.18. The molecule has 1 aromatic heterocycles. The molecule has 1 heterocycles. The highest BCUT2D eigenvalue weighted by atomic mass is 15.1. The van der Waals surface area contributed by atoms with Gasteiger partial charge in [0.1, 0.15) is 5.82 Å². The number of rotatable bonds is 4. The summed E-state index contributed by atoms with van der Waals surface area (Å²) in [7, 11) is 4.08. The predicted octanol–water partition coefficient (Wildman–Crippen LogP) is 2.49. The third kappa shape index (κ3) is 2.50. The molecule has 2 rings (SSSR count). The third-order valence-corrected chi connectivity index (χ3v) is 3.01. The molecule has 3 heteroatoms. The van der Waals surface area contributed by atoms with Crippen molar-refractivity contribution in [3.8, 4) is 0 Å². The number of aryl methyl sites for hydroxylation is 1. The van der Waals surface area contributed by atoms with Crippen LogP contribution < -0.4 is 5.32 Å². The minimum absolute atomic E-state index is 0.641. The van der Waals surface area contributed by atoms with E-state index in [0.29, 0.717) is 5.92 Å². The van der Waals surface area contributed by atoms with Crippen molar-refractivity contribution in [2.45, 2.75) is 26.8 Å². The summed E-state index contributed by atoms with van der Waals surface area (Å²) in [5, 5.41) is 3.18. The lowest BCUT2D eigenvalue weighted by Gasteiger charge is -2.05. The Bertz CT molecular complexity index is 511. The van der Waals surface area contributed by atoms with E-state index in [-0.39, 0.29) is 0 Å². The van der Waals surface area contributed by atoms with E-state index in [0.717, 1.165) is 18.5 Å². The first-order valence-corrected chi connectivity index (χ1v) is 6.20. The normalized spacial score (nSPS) is 11.6. The van der Waals surface area contributed by atoms with E-state index in [9.17, 15) is 0 Å². The van der Waals surface area contributed by atoms with Gasteiger partial charge in [0.25, 0.3) is 0 Å². The second-order valence-electron chi connectivity index (χ2n) is 5.04. The van der Waals surface area contributed by atoms with Crippen LogP contribution in [0.2, 0.25) is 0 Å². The number of nitrogens with zero attached hydrogens (tertiary/aromatic N) is 2. The van der Waals surface area contributed by atoms with E-state index in [1.807, 2.05) is 7.05 Å². The van der Waals surface area contributed by atoms with E-state index >= 15 is 0 Å². The molecule has 0 atom stereocenters. The minimum atomic E-state index is 0.641. The number of aromatic nitrogens is 2. The van der Waals surface area contributed by atoms with Crippen molar-refractivity contribution in [1.29, 1.82) is 0 Å². The zero-order valence-electron chi connectivity index (χ0n) is 11.1. The zero-order chi connectivity index (χ0) is 12.4. The smallest absolute Gasteiger partial charge is 0.109 e. The van der Waals surface area contributed by atoms with Crippen LogP contribution in [0.3, 0.4) is 0 Å². The topological polar surface area (TPSA) is 29.9 Å². The Labute approximate surface area is 103 Å². The van der Waals surface area contributed by atoms with Crippen LogP contribution >= 0.6 is 0 Å². The fourth-order valence-electron chi connectivity index (χ4n) is 2.15. The highest BCUT2D eigenvalue weighted by molar-refractivity contribution is 5.76. The molecular weight excluding hydrogens is 210 g/mol.